The van der Waals surface area contributed by atoms with Gasteiger partial charge in [0, 0.05) is 25.7 Å². The minimum absolute atomic E-state index is 0.144. The molecular formula is C16H14FN3O3. The third kappa shape index (κ3) is 3.55. The lowest BCUT2D eigenvalue weighted by atomic mass is 10.1. The van der Waals surface area contributed by atoms with Crippen LogP contribution in [0.1, 0.15) is 11.1 Å². The number of nitro groups is 1. The number of methoxy groups -OCH3 is 1. The number of hydrogen-bond donors (Lipinski definition) is 0. The second kappa shape index (κ2) is 6.75. The zero-order valence-electron chi connectivity index (χ0n) is 12.6. The predicted octanol–water partition coefficient (Wildman–Crippen LogP) is 3.25. The van der Waals surface area contributed by atoms with Crippen molar-refractivity contribution < 1.29 is 14.1 Å². The van der Waals surface area contributed by atoms with Gasteiger partial charge in [-0.1, -0.05) is 6.07 Å². The summed E-state index contributed by atoms with van der Waals surface area (Å²) in [6.07, 6.45) is 0. The fourth-order valence-electron chi connectivity index (χ4n) is 2.23. The lowest BCUT2D eigenvalue weighted by molar-refractivity contribution is -0.384. The molecule has 0 aromatic heterocycles. The van der Waals surface area contributed by atoms with Crippen LogP contribution in [0.3, 0.4) is 0 Å². The number of anilines is 1. The van der Waals surface area contributed by atoms with Crippen LogP contribution in [0.2, 0.25) is 0 Å². The van der Waals surface area contributed by atoms with Gasteiger partial charge in [0.25, 0.3) is 5.69 Å². The molecule has 7 heteroatoms. The van der Waals surface area contributed by atoms with Crippen LogP contribution in [0, 0.1) is 27.3 Å². The molecule has 0 heterocycles. The second-order valence-corrected chi connectivity index (χ2v) is 4.90. The van der Waals surface area contributed by atoms with E-state index in [2.05, 4.69) is 0 Å². The first-order valence-corrected chi connectivity index (χ1v) is 6.68. The average Bonchev–Trinajstić information content (AvgIpc) is 2.54. The lowest BCUT2D eigenvalue weighted by Gasteiger charge is -2.20. The largest absolute Gasteiger partial charge is 0.494 e. The molecule has 23 heavy (non-hydrogen) atoms. The van der Waals surface area contributed by atoms with Crippen molar-refractivity contribution in [2.45, 2.75) is 6.54 Å². The van der Waals surface area contributed by atoms with Crippen LogP contribution in [0.15, 0.2) is 36.4 Å². The van der Waals surface area contributed by atoms with Crippen LogP contribution in [0.25, 0.3) is 0 Å². The monoisotopic (exact) mass is 315 g/mol. The summed E-state index contributed by atoms with van der Waals surface area (Å²) in [6, 6.07) is 10.6. The SMILES string of the molecule is COc1ccc(CN(C)c2ccc([N+](=O)[O-])cc2C#N)cc1F. The van der Waals surface area contributed by atoms with Gasteiger partial charge in [-0.05, 0) is 23.8 Å². The van der Waals surface area contributed by atoms with Crippen LogP contribution >= 0.6 is 0 Å². The lowest BCUT2D eigenvalue weighted by Crippen LogP contribution is -2.17. The van der Waals surface area contributed by atoms with Crippen molar-refractivity contribution in [2.24, 2.45) is 0 Å². The van der Waals surface area contributed by atoms with Crippen molar-refractivity contribution in [1.29, 1.82) is 5.26 Å². The highest BCUT2D eigenvalue weighted by atomic mass is 19.1. The molecule has 0 saturated heterocycles. The molecule has 0 aliphatic rings. The summed E-state index contributed by atoms with van der Waals surface area (Å²) in [5.74, 6) is -0.313. The normalized spacial score (nSPS) is 10.0. The van der Waals surface area contributed by atoms with Gasteiger partial charge in [-0.15, -0.1) is 0 Å². The highest BCUT2D eigenvalue weighted by molar-refractivity contribution is 5.62. The Bertz CT molecular complexity index is 787. The number of hydrogen-bond acceptors (Lipinski definition) is 5. The molecular weight excluding hydrogens is 301 g/mol. The summed E-state index contributed by atoms with van der Waals surface area (Å²) in [5.41, 5.74) is 1.27. The van der Waals surface area contributed by atoms with E-state index < -0.39 is 10.7 Å². The molecule has 0 N–H and O–H groups in total. The summed E-state index contributed by atoms with van der Waals surface area (Å²) < 4.78 is 18.6. The Morgan fingerprint density at radius 2 is 2.09 bits per heavy atom. The molecule has 0 aliphatic carbocycles. The number of ether oxygens (including phenoxy) is 1. The Hall–Kier alpha value is -3.14. The van der Waals surface area contributed by atoms with Crippen molar-refractivity contribution in [3.05, 3.63) is 63.5 Å². The summed E-state index contributed by atoms with van der Waals surface area (Å²) in [7, 11) is 3.12. The quantitative estimate of drug-likeness (QED) is 0.625. The maximum absolute atomic E-state index is 13.7. The van der Waals surface area contributed by atoms with E-state index in [0.717, 1.165) is 0 Å². The predicted molar refractivity (Wildman–Crippen MR) is 82.9 cm³/mol. The Morgan fingerprint density at radius 3 is 2.65 bits per heavy atom. The van der Waals surface area contributed by atoms with E-state index in [1.54, 1.807) is 18.0 Å². The molecule has 2 aromatic carbocycles. The minimum atomic E-state index is -0.552. The standard InChI is InChI=1S/C16H14FN3O3/c1-19(10-11-3-6-16(23-2)14(17)7-11)15-5-4-13(20(21)22)8-12(15)9-18/h3-8H,10H2,1-2H3. The molecule has 2 rings (SSSR count). The second-order valence-electron chi connectivity index (χ2n) is 4.90. The first kappa shape index (κ1) is 16.2. The van der Waals surface area contributed by atoms with E-state index in [0.29, 0.717) is 17.8 Å². The number of benzene rings is 2. The third-order valence-corrected chi connectivity index (χ3v) is 3.36. The summed E-state index contributed by atoms with van der Waals surface area (Å²) in [4.78, 5) is 11.9. The summed E-state index contributed by atoms with van der Waals surface area (Å²) in [5, 5.41) is 19.9. The van der Waals surface area contributed by atoms with Crippen LogP contribution in [-0.2, 0) is 6.54 Å². The van der Waals surface area contributed by atoms with Gasteiger partial charge in [-0.2, -0.15) is 5.26 Å². The van der Waals surface area contributed by atoms with Gasteiger partial charge in [-0.3, -0.25) is 10.1 Å². The molecule has 0 aliphatic heterocycles. The van der Waals surface area contributed by atoms with Crippen molar-refractivity contribution in [3.8, 4) is 11.8 Å². The fourth-order valence-corrected chi connectivity index (χ4v) is 2.23. The molecule has 0 fully saturated rings. The van der Waals surface area contributed by atoms with E-state index in [4.69, 9.17) is 4.74 Å². The molecule has 0 saturated carbocycles. The first-order chi connectivity index (χ1) is 11.0. The van der Waals surface area contributed by atoms with Crippen molar-refractivity contribution in [1.82, 2.24) is 0 Å². The topological polar surface area (TPSA) is 79.4 Å². The number of halogens is 1. The van der Waals surface area contributed by atoms with E-state index in [1.165, 1.54) is 37.4 Å². The van der Waals surface area contributed by atoms with Gasteiger partial charge in [0.15, 0.2) is 11.6 Å². The van der Waals surface area contributed by atoms with Crippen LogP contribution < -0.4 is 9.64 Å². The molecule has 2 aromatic rings. The number of rotatable bonds is 5. The molecule has 0 radical (unpaired) electrons. The minimum Gasteiger partial charge on any atom is -0.494 e. The van der Waals surface area contributed by atoms with E-state index in [9.17, 15) is 19.8 Å². The van der Waals surface area contributed by atoms with E-state index in [1.807, 2.05) is 6.07 Å². The molecule has 118 valence electrons. The van der Waals surface area contributed by atoms with Crippen LogP contribution in [0.4, 0.5) is 15.8 Å². The van der Waals surface area contributed by atoms with Crippen LogP contribution in [-0.4, -0.2) is 19.1 Å². The number of non-ortho nitro benzene ring substituents is 1. The van der Waals surface area contributed by atoms with Crippen molar-refractivity contribution in [3.63, 3.8) is 0 Å². The van der Waals surface area contributed by atoms with E-state index >= 15 is 0 Å². The molecule has 0 amide bonds. The first-order valence-electron chi connectivity index (χ1n) is 6.68. The van der Waals surface area contributed by atoms with Gasteiger partial charge in [0.2, 0.25) is 0 Å². The fraction of sp³-hybridized carbons (Fsp3) is 0.188. The van der Waals surface area contributed by atoms with Gasteiger partial charge < -0.3 is 9.64 Å². The van der Waals surface area contributed by atoms with Gasteiger partial charge in [0.05, 0.1) is 23.3 Å². The Balaban J connectivity index is 2.27. The van der Waals surface area contributed by atoms with Crippen molar-refractivity contribution in [2.75, 3.05) is 19.1 Å². The molecule has 0 unspecified atom stereocenters. The smallest absolute Gasteiger partial charge is 0.270 e. The van der Waals surface area contributed by atoms with Gasteiger partial charge in [-0.25, -0.2) is 4.39 Å². The highest BCUT2D eigenvalue weighted by Crippen LogP contribution is 2.26. The maximum Gasteiger partial charge on any atom is 0.270 e. The molecule has 0 atom stereocenters. The van der Waals surface area contributed by atoms with E-state index in [-0.39, 0.29) is 17.0 Å². The Morgan fingerprint density at radius 1 is 1.35 bits per heavy atom. The summed E-state index contributed by atoms with van der Waals surface area (Å²) in [6.45, 7) is 0.341. The van der Waals surface area contributed by atoms with Gasteiger partial charge >= 0.3 is 0 Å². The number of nitro benzene ring substituents is 1. The zero-order chi connectivity index (χ0) is 17.0. The van der Waals surface area contributed by atoms with Crippen LogP contribution in [0.5, 0.6) is 5.75 Å². The average molecular weight is 315 g/mol. The third-order valence-electron chi connectivity index (χ3n) is 3.36. The Kier molecular flexibility index (Phi) is 4.76. The Labute approximate surface area is 132 Å². The maximum atomic E-state index is 13.7. The molecule has 6 nitrogen and oxygen atoms in total. The number of nitrogens with zero attached hydrogens (tertiary/aromatic N) is 3. The molecule has 0 bridgehead atoms. The summed E-state index contributed by atoms with van der Waals surface area (Å²) >= 11 is 0. The zero-order valence-corrected chi connectivity index (χ0v) is 12.6. The number of nitriles is 1. The highest BCUT2D eigenvalue weighted by Gasteiger charge is 2.14. The van der Waals surface area contributed by atoms with Crippen molar-refractivity contribution >= 4 is 11.4 Å². The van der Waals surface area contributed by atoms with Gasteiger partial charge in [0.1, 0.15) is 6.07 Å². The molecule has 0 spiro atoms.